The Kier molecular flexibility index (Phi) is 7.37. The van der Waals surface area contributed by atoms with Gasteiger partial charge in [-0.3, -0.25) is 19.7 Å². The Balaban J connectivity index is 1.87. The largest absolute Gasteiger partial charge is 0.455 e. The van der Waals surface area contributed by atoms with Crippen LogP contribution in [0.25, 0.3) is 0 Å². The number of aryl methyl sites for hydroxylation is 2. The van der Waals surface area contributed by atoms with E-state index < -0.39 is 23.4 Å². The highest BCUT2D eigenvalue weighted by atomic mass is 79.9. The van der Waals surface area contributed by atoms with Gasteiger partial charge in [0, 0.05) is 15.4 Å². The van der Waals surface area contributed by atoms with Gasteiger partial charge in [0.15, 0.2) is 6.61 Å². The molecule has 0 bridgehead atoms. The zero-order chi connectivity index (χ0) is 20.0. The lowest BCUT2D eigenvalue weighted by molar-refractivity contribution is -0.384. The smallest absolute Gasteiger partial charge is 0.316 e. The fraction of sp³-hybridized carbons (Fsp3) is 0.222. The predicted molar refractivity (Wildman–Crippen MR) is 107 cm³/mol. The van der Waals surface area contributed by atoms with Gasteiger partial charge in [-0.2, -0.15) is 0 Å². The fourth-order valence-corrected chi connectivity index (χ4v) is 3.52. The van der Waals surface area contributed by atoms with Crippen LogP contribution in [-0.2, 0) is 14.3 Å². The molecule has 9 heteroatoms. The maximum atomic E-state index is 12.0. The number of hydrogen-bond acceptors (Lipinski definition) is 6. The number of nitrogens with zero attached hydrogens (tertiary/aromatic N) is 1. The van der Waals surface area contributed by atoms with Gasteiger partial charge < -0.3 is 10.1 Å². The van der Waals surface area contributed by atoms with Crippen molar-refractivity contribution >= 4 is 50.9 Å². The predicted octanol–water partition coefficient (Wildman–Crippen LogP) is 4.25. The third kappa shape index (κ3) is 6.07. The second-order valence-corrected chi connectivity index (χ2v) is 7.57. The van der Waals surface area contributed by atoms with E-state index in [4.69, 9.17) is 4.74 Å². The maximum Gasteiger partial charge on any atom is 0.316 e. The summed E-state index contributed by atoms with van der Waals surface area (Å²) in [7, 11) is 0. The summed E-state index contributed by atoms with van der Waals surface area (Å²) in [4.78, 5) is 35.3. The van der Waals surface area contributed by atoms with Crippen LogP contribution in [0.3, 0.4) is 0 Å². The summed E-state index contributed by atoms with van der Waals surface area (Å²) in [5, 5.41) is 13.5. The third-order valence-corrected chi connectivity index (χ3v) is 5.20. The van der Waals surface area contributed by atoms with Gasteiger partial charge in [0.05, 0.1) is 10.7 Å². The molecular formula is C18H17BrN2O5S. The Morgan fingerprint density at radius 2 is 1.96 bits per heavy atom. The standard InChI is InChI=1S/C18H17BrN2O5S/c1-11-4-3-5-14(21(24)25)18(11)20-16(22)9-26-17(23)10-27-15-7-6-13(19)8-12(15)2/h3-8H,9-10H2,1-2H3,(H,20,22). The number of nitro benzene ring substituents is 1. The Morgan fingerprint density at radius 3 is 2.63 bits per heavy atom. The van der Waals surface area contributed by atoms with Crippen LogP contribution in [0, 0.1) is 24.0 Å². The molecule has 7 nitrogen and oxygen atoms in total. The fourth-order valence-electron chi connectivity index (χ4n) is 2.24. The molecule has 2 aromatic carbocycles. The Bertz CT molecular complexity index is 888. The molecule has 0 atom stereocenters. The van der Waals surface area contributed by atoms with Crippen LogP contribution in [0.4, 0.5) is 11.4 Å². The molecule has 1 N–H and O–H groups in total. The number of rotatable bonds is 7. The summed E-state index contributed by atoms with van der Waals surface area (Å²) in [6.07, 6.45) is 0. The van der Waals surface area contributed by atoms with Crippen molar-refractivity contribution < 1.29 is 19.2 Å². The second-order valence-electron chi connectivity index (χ2n) is 5.63. The van der Waals surface area contributed by atoms with Crippen LogP contribution in [0.15, 0.2) is 45.8 Å². The number of anilines is 1. The number of ether oxygens (including phenoxy) is 1. The lowest BCUT2D eigenvalue weighted by atomic mass is 10.1. The molecule has 0 unspecified atom stereocenters. The lowest BCUT2D eigenvalue weighted by Crippen LogP contribution is -2.22. The van der Waals surface area contributed by atoms with Crippen molar-refractivity contribution in [2.75, 3.05) is 17.7 Å². The van der Waals surface area contributed by atoms with Crippen molar-refractivity contribution in [3.05, 3.63) is 62.1 Å². The highest BCUT2D eigenvalue weighted by Gasteiger charge is 2.18. The molecule has 0 radical (unpaired) electrons. The van der Waals surface area contributed by atoms with E-state index in [9.17, 15) is 19.7 Å². The molecule has 0 saturated heterocycles. The van der Waals surface area contributed by atoms with Gasteiger partial charge in [0.25, 0.3) is 11.6 Å². The zero-order valence-electron chi connectivity index (χ0n) is 14.7. The van der Waals surface area contributed by atoms with E-state index in [-0.39, 0.29) is 17.1 Å². The second kappa shape index (κ2) is 9.52. The first kappa shape index (κ1) is 20.9. The van der Waals surface area contributed by atoms with Gasteiger partial charge in [-0.25, -0.2) is 0 Å². The Morgan fingerprint density at radius 1 is 1.22 bits per heavy atom. The number of hydrogen-bond donors (Lipinski definition) is 1. The van der Waals surface area contributed by atoms with E-state index >= 15 is 0 Å². The van der Waals surface area contributed by atoms with Crippen LogP contribution >= 0.6 is 27.7 Å². The van der Waals surface area contributed by atoms with E-state index in [1.165, 1.54) is 23.9 Å². The van der Waals surface area contributed by atoms with Gasteiger partial charge in [-0.15, -0.1) is 11.8 Å². The highest BCUT2D eigenvalue weighted by Crippen LogP contribution is 2.28. The number of para-hydroxylation sites is 1. The maximum absolute atomic E-state index is 12.0. The van der Waals surface area contributed by atoms with Crippen molar-refractivity contribution in [3.8, 4) is 0 Å². The first-order chi connectivity index (χ1) is 12.8. The first-order valence-electron chi connectivity index (χ1n) is 7.86. The number of halogens is 1. The number of amides is 1. The minimum absolute atomic E-state index is 0.0558. The van der Waals surface area contributed by atoms with E-state index in [0.717, 1.165) is 14.9 Å². The van der Waals surface area contributed by atoms with Crippen LogP contribution in [0.1, 0.15) is 11.1 Å². The van der Waals surface area contributed by atoms with Crippen molar-refractivity contribution in [2.45, 2.75) is 18.7 Å². The average Bonchev–Trinajstić information content (AvgIpc) is 2.60. The summed E-state index contributed by atoms with van der Waals surface area (Å²) in [6, 6.07) is 10.2. The first-order valence-corrected chi connectivity index (χ1v) is 9.64. The molecule has 0 fully saturated rings. The van der Waals surface area contributed by atoms with Crippen LogP contribution in [0.2, 0.25) is 0 Å². The van der Waals surface area contributed by atoms with E-state index in [0.29, 0.717) is 5.56 Å². The summed E-state index contributed by atoms with van der Waals surface area (Å²) in [6.45, 7) is 3.07. The lowest BCUT2D eigenvalue weighted by Gasteiger charge is -2.10. The molecule has 0 saturated carbocycles. The highest BCUT2D eigenvalue weighted by molar-refractivity contribution is 9.10. The number of carbonyl (C=O) groups is 2. The normalized spacial score (nSPS) is 10.3. The number of esters is 1. The number of carbonyl (C=O) groups excluding carboxylic acids is 2. The van der Waals surface area contributed by atoms with E-state index in [2.05, 4.69) is 21.2 Å². The molecule has 142 valence electrons. The molecule has 0 aromatic heterocycles. The van der Waals surface area contributed by atoms with Crippen LogP contribution in [-0.4, -0.2) is 29.2 Å². The molecule has 0 spiro atoms. The number of nitro groups is 1. The van der Waals surface area contributed by atoms with Gasteiger partial charge in [0.2, 0.25) is 0 Å². The summed E-state index contributed by atoms with van der Waals surface area (Å²) in [5.41, 5.74) is 1.45. The molecule has 0 aliphatic heterocycles. The van der Waals surface area contributed by atoms with Crippen LogP contribution in [0.5, 0.6) is 0 Å². The molecule has 2 rings (SSSR count). The summed E-state index contributed by atoms with van der Waals surface area (Å²) >= 11 is 4.69. The third-order valence-electron chi connectivity index (χ3n) is 3.56. The van der Waals surface area contributed by atoms with Crippen molar-refractivity contribution in [3.63, 3.8) is 0 Å². The molecule has 0 aliphatic carbocycles. The topological polar surface area (TPSA) is 98.5 Å². The average molecular weight is 453 g/mol. The monoisotopic (exact) mass is 452 g/mol. The summed E-state index contributed by atoms with van der Waals surface area (Å²) in [5.74, 6) is -1.12. The van der Waals surface area contributed by atoms with Gasteiger partial charge >= 0.3 is 5.97 Å². The molecule has 0 aliphatic rings. The number of benzene rings is 2. The van der Waals surface area contributed by atoms with Crippen LogP contribution < -0.4 is 5.32 Å². The molecular weight excluding hydrogens is 436 g/mol. The quantitative estimate of drug-likeness (QED) is 0.291. The Hall–Kier alpha value is -2.39. The minimum atomic E-state index is -0.634. The zero-order valence-corrected chi connectivity index (χ0v) is 17.1. The molecule has 0 heterocycles. The van der Waals surface area contributed by atoms with E-state index in [1.54, 1.807) is 13.0 Å². The van der Waals surface area contributed by atoms with Crippen molar-refractivity contribution in [1.82, 2.24) is 0 Å². The molecule has 2 aromatic rings. The van der Waals surface area contributed by atoms with Gasteiger partial charge in [-0.1, -0.05) is 28.1 Å². The molecule has 27 heavy (non-hydrogen) atoms. The van der Waals surface area contributed by atoms with Crippen molar-refractivity contribution in [1.29, 1.82) is 0 Å². The minimum Gasteiger partial charge on any atom is -0.455 e. The molecule has 1 amide bonds. The van der Waals surface area contributed by atoms with Crippen molar-refractivity contribution in [2.24, 2.45) is 0 Å². The number of thioether (sulfide) groups is 1. The Labute approximate surface area is 168 Å². The number of nitrogens with one attached hydrogen (secondary N) is 1. The SMILES string of the molecule is Cc1cc(Br)ccc1SCC(=O)OCC(=O)Nc1c(C)cccc1[N+](=O)[O-]. The van der Waals surface area contributed by atoms with Gasteiger partial charge in [0.1, 0.15) is 5.69 Å². The van der Waals surface area contributed by atoms with E-state index in [1.807, 2.05) is 25.1 Å². The summed E-state index contributed by atoms with van der Waals surface area (Å²) < 4.78 is 5.90. The van der Waals surface area contributed by atoms with Gasteiger partial charge in [-0.05, 0) is 43.2 Å².